The number of hydrogen-bond donors (Lipinski definition) is 3. The summed E-state index contributed by atoms with van der Waals surface area (Å²) in [6.45, 7) is 4.96. The summed E-state index contributed by atoms with van der Waals surface area (Å²) in [6.07, 6.45) is 0.442. The zero-order valence-corrected chi connectivity index (χ0v) is 12.8. The van der Waals surface area contributed by atoms with Gasteiger partial charge in [-0.3, -0.25) is 0 Å². The molecule has 0 aliphatic heterocycles. The second-order valence-electron chi connectivity index (χ2n) is 4.82. The maximum absolute atomic E-state index is 12.1. The molecule has 108 valence electrons. The molecule has 0 amide bonds. The Labute approximate surface area is 118 Å². The van der Waals surface area contributed by atoms with Gasteiger partial charge in [0.15, 0.2) is 0 Å². The van der Waals surface area contributed by atoms with Crippen LogP contribution < -0.4 is 10.5 Å². The molecule has 0 heterocycles. The quantitative estimate of drug-likeness (QED) is 0.721. The fourth-order valence-corrected chi connectivity index (χ4v) is 2.77. The SMILES string of the molecule is CCC(C)(O)CNS(=O)(=O)c1cc(C)c(Cl)c(N)c1. The summed E-state index contributed by atoms with van der Waals surface area (Å²) >= 11 is 5.89. The van der Waals surface area contributed by atoms with Gasteiger partial charge in [0.2, 0.25) is 10.0 Å². The van der Waals surface area contributed by atoms with E-state index in [9.17, 15) is 13.5 Å². The first-order valence-corrected chi connectivity index (χ1v) is 7.73. The highest BCUT2D eigenvalue weighted by atomic mass is 35.5. The number of nitrogen functional groups attached to an aromatic ring is 1. The third-order valence-corrected chi connectivity index (χ3v) is 4.87. The first-order valence-electron chi connectivity index (χ1n) is 5.87. The summed E-state index contributed by atoms with van der Waals surface area (Å²) in [7, 11) is -3.71. The summed E-state index contributed by atoms with van der Waals surface area (Å²) in [6, 6.07) is 2.75. The van der Waals surface area contributed by atoms with Crippen molar-refractivity contribution in [3.63, 3.8) is 0 Å². The monoisotopic (exact) mass is 306 g/mol. The van der Waals surface area contributed by atoms with Gasteiger partial charge in [-0.2, -0.15) is 0 Å². The Morgan fingerprint density at radius 2 is 2.05 bits per heavy atom. The van der Waals surface area contributed by atoms with E-state index in [1.807, 2.05) is 0 Å². The zero-order chi connectivity index (χ0) is 14.8. The largest absolute Gasteiger partial charge is 0.397 e. The predicted octanol–water partition coefficient (Wildman–Crippen LogP) is 1.67. The fraction of sp³-hybridized carbons (Fsp3) is 0.500. The van der Waals surface area contributed by atoms with Gasteiger partial charge in [0.05, 0.1) is 21.2 Å². The Bertz CT molecular complexity index is 547. The van der Waals surface area contributed by atoms with Crippen molar-refractivity contribution in [1.82, 2.24) is 4.72 Å². The molecule has 1 rings (SSSR count). The first-order chi connectivity index (χ1) is 8.59. The van der Waals surface area contributed by atoms with Gasteiger partial charge in [-0.15, -0.1) is 0 Å². The summed E-state index contributed by atoms with van der Waals surface area (Å²) in [4.78, 5) is 0.0406. The third kappa shape index (κ3) is 4.07. The van der Waals surface area contributed by atoms with Crippen LogP contribution in [0.2, 0.25) is 5.02 Å². The second-order valence-corrected chi connectivity index (χ2v) is 6.96. The van der Waals surface area contributed by atoms with E-state index in [0.29, 0.717) is 17.0 Å². The fourth-order valence-electron chi connectivity index (χ4n) is 1.38. The van der Waals surface area contributed by atoms with Crippen molar-refractivity contribution in [2.75, 3.05) is 12.3 Å². The van der Waals surface area contributed by atoms with Crippen LogP contribution in [-0.2, 0) is 10.0 Å². The van der Waals surface area contributed by atoms with Crippen molar-refractivity contribution >= 4 is 27.3 Å². The highest BCUT2D eigenvalue weighted by molar-refractivity contribution is 7.89. The highest BCUT2D eigenvalue weighted by Crippen LogP contribution is 2.26. The van der Waals surface area contributed by atoms with Crippen LogP contribution in [0.5, 0.6) is 0 Å². The Hall–Kier alpha value is -0.820. The van der Waals surface area contributed by atoms with E-state index in [1.165, 1.54) is 12.1 Å². The van der Waals surface area contributed by atoms with E-state index in [1.54, 1.807) is 20.8 Å². The lowest BCUT2D eigenvalue weighted by Gasteiger charge is -2.21. The van der Waals surface area contributed by atoms with E-state index in [2.05, 4.69) is 4.72 Å². The van der Waals surface area contributed by atoms with E-state index < -0.39 is 15.6 Å². The third-order valence-electron chi connectivity index (χ3n) is 2.97. The molecule has 0 aliphatic rings. The summed E-state index contributed by atoms with van der Waals surface area (Å²) in [5.41, 5.74) is 5.37. The van der Waals surface area contributed by atoms with Crippen LogP contribution in [0.15, 0.2) is 17.0 Å². The number of hydrogen-bond acceptors (Lipinski definition) is 4. The van der Waals surface area contributed by atoms with E-state index in [0.717, 1.165) is 0 Å². The Kier molecular flexibility index (Phi) is 4.84. The normalized spacial score (nSPS) is 15.2. The van der Waals surface area contributed by atoms with Gasteiger partial charge in [0.25, 0.3) is 0 Å². The smallest absolute Gasteiger partial charge is 0.240 e. The topological polar surface area (TPSA) is 92.4 Å². The molecule has 7 heteroatoms. The lowest BCUT2D eigenvalue weighted by atomic mass is 10.1. The number of anilines is 1. The molecule has 0 radical (unpaired) electrons. The van der Waals surface area contributed by atoms with Crippen molar-refractivity contribution in [1.29, 1.82) is 0 Å². The van der Waals surface area contributed by atoms with Crippen LogP contribution in [-0.4, -0.2) is 25.7 Å². The minimum absolute atomic E-state index is 0.0406. The van der Waals surface area contributed by atoms with Crippen molar-refractivity contribution in [3.05, 3.63) is 22.7 Å². The first kappa shape index (κ1) is 16.2. The molecule has 0 saturated carbocycles. The minimum Gasteiger partial charge on any atom is -0.397 e. The molecular formula is C12H19ClN2O3S. The van der Waals surface area contributed by atoms with Gasteiger partial charge >= 0.3 is 0 Å². The number of halogens is 1. The molecule has 0 fully saturated rings. The van der Waals surface area contributed by atoms with Crippen molar-refractivity contribution in [2.45, 2.75) is 37.7 Å². The molecule has 19 heavy (non-hydrogen) atoms. The molecular weight excluding hydrogens is 288 g/mol. The molecule has 0 aromatic heterocycles. The summed E-state index contributed by atoms with van der Waals surface area (Å²) in [5, 5.41) is 10.2. The number of sulfonamides is 1. The van der Waals surface area contributed by atoms with Crippen molar-refractivity contribution < 1.29 is 13.5 Å². The molecule has 0 spiro atoms. The van der Waals surface area contributed by atoms with Gasteiger partial charge in [-0.25, -0.2) is 13.1 Å². The number of aliphatic hydroxyl groups is 1. The molecule has 4 N–H and O–H groups in total. The van der Waals surface area contributed by atoms with Crippen molar-refractivity contribution in [2.24, 2.45) is 0 Å². The van der Waals surface area contributed by atoms with Crippen molar-refractivity contribution in [3.8, 4) is 0 Å². The second kappa shape index (κ2) is 5.66. The highest BCUT2D eigenvalue weighted by Gasteiger charge is 2.23. The molecule has 1 unspecified atom stereocenters. The van der Waals surface area contributed by atoms with E-state index in [4.69, 9.17) is 17.3 Å². The molecule has 1 aromatic rings. The predicted molar refractivity (Wildman–Crippen MR) is 76.7 cm³/mol. The molecule has 1 aromatic carbocycles. The van der Waals surface area contributed by atoms with Gasteiger partial charge < -0.3 is 10.8 Å². The van der Waals surface area contributed by atoms with Crippen LogP contribution in [0.4, 0.5) is 5.69 Å². The number of benzene rings is 1. The maximum Gasteiger partial charge on any atom is 0.240 e. The zero-order valence-electron chi connectivity index (χ0n) is 11.2. The Morgan fingerprint density at radius 1 is 1.47 bits per heavy atom. The molecule has 1 atom stereocenters. The standard InChI is InChI=1S/C12H19ClN2O3S/c1-4-12(3,16)7-15-19(17,18)9-5-8(2)11(13)10(14)6-9/h5-6,15-16H,4,7,14H2,1-3H3. The molecule has 0 aliphatic carbocycles. The van der Waals surface area contributed by atoms with E-state index in [-0.39, 0.29) is 17.1 Å². The molecule has 0 saturated heterocycles. The molecule has 5 nitrogen and oxygen atoms in total. The average molecular weight is 307 g/mol. The lowest BCUT2D eigenvalue weighted by molar-refractivity contribution is 0.0613. The van der Waals surface area contributed by atoms with Gasteiger partial charge in [0, 0.05) is 6.54 Å². The summed E-state index contributed by atoms with van der Waals surface area (Å²) in [5.74, 6) is 0. The maximum atomic E-state index is 12.1. The lowest BCUT2D eigenvalue weighted by Crippen LogP contribution is -2.40. The Morgan fingerprint density at radius 3 is 2.53 bits per heavy atom. The van der Waals surface area contributed by atoms with Gasteiger partial charge in [-0.05, 0) is 38.0 Å². The number of nitrogens with one attached hydrogen (secondary N) is 1. The number of nitrogens with two attached hydrogens (primary N) is 1. The number of rotatable bonds is 5. The van der Waals surface area contributed by atoms with Crippen LogP contribution in [0.3, 0.4) is 0 Å². The Balaban J connectivity index is 3.02. The van der Waals surface area contributed by atoms with Crippen LogP contribution in [0, 0.1) is 6.92 Å². The van der Waals surface area contributed by atoms with E-state index >= 15 is 0 Å². The number of aryl methyl sites for hydroxylation is 1. The van der Waals surface area contributed by atoms with Crippen LogP contribution in [0.1, 0.15) is 25.8 Å². The van der Waals surface area contributed by atoms with Crippen LogP contribution in [0.25, 0.3) is 0 Å². The average Bonchev–Trinajstić information content (AvgIpc) is 2.33. The summed E-state index contributed by atoms with van der Waals surface area (Å²) < 4.78 is 26.5. The minimum atomic E-state index is -3.71. The van der Waals surface area contributed by atoms with Gasteiger partial charge in [0.1, 0.15) is 0 Å². The van der Waals surface area contributed by atoms with Crippen LogP contribution >= 0.6 is 11.6 Å². The molecule has 0 bridgehead atoms. The van der Waals surface area contributed by atoms with Gasteiger partial charge in [-0.1, -0.05) is 18.5 Å².